The van der Waals surface area contributed by atoms with Gasteiger partial charge in [-0.1, -0.05) is 81.9 Å². The Morgan fingerprint density at radius 2 is 1.40 bits per heavy atom. The number of nitrogens with one attached hydrogen (secondary N) is 1. The van der Waals surface area contributed by atoms with Crippen LogP contribution >= 0.6 is 11.8 Å². The lowest BCUT2D eigenvalue weighted by atomic mass is 9.92. The number of amides is 1. The Hall–Kier alpha value is -3.03. The highest BCUT2D eigenvalue weighted by Gasteiger charge is 2.19. The van der Waals surface area contributed by atoms with Crippen molar-refractivity contribution in [1.29, 1.82) is 5.26 Å². The molecular weight excluding hydrogens is 388 g/mol. The van der Waals surface area contributed by atoms with E-state index in [2.05, 4.69) is 57.3 Å². The van der Waals surface area contributed by atoms with Crippen molar-refractivity contribution in [2.45, 2.75) is 49.3 Å². The molecule has 0 aliphatic heterocycles. The number of rotatable bonds is 6. The fourth-order valence-corrected chi connectivity index (χ4v) is 4.41. The zero-order chi connectivity index (χ0) is 21.7. The molecule has 0 fully saturated rings. The van der Waals surface area contributed by atoms with Crippen molar-refractivity contribution < 1.29 is 4.79 Å². The van der Waals surface area contributed by atoms with E-state index in [0.29, 0.717) is 23.0 Å². The smallest absolute Gasteiger partial charge is 0.256 e. The molecule has 152 valence electrons. The van der Waals surface area contributed by atoms with Crippen LogP contribution in [0.3, 0.4) is 0 Å². The van der Waals surface area contributed by atoms with Crippen LogP contribution < -0.4 is 5.32 Å². The summed E-state index contributed by atoms with van der Waals surface area (Å²) in [5.41, 5.74) is 4.38. The Morgan fingerprint density at radius 1 is 0.833 bits per heavy atom. The molecule has 4 heteroatoms. The molecular formula is C26H26N2OS. The minimum Gasteiger partial charge on any atom is -0.321 e. The first kappa shape index (κ1) is 21.7. The number of carbonyl (C=O) groups is 1. The van der Waals surface area contributed by atoms with Gasteiger partial charge in [0.1, 0.15) is 6.07 Å². The van der Waals surface area contributed by atoms with Gasteiger partial charge < -0.3 is 5.32 Å². The first-order valence-electron chi connectivity index (χ1n) is 10.1. The fraction of sp³-hybridized carbons (Fsp3) is 0.231. The number of nitrogens with zero attached hydrogens (tertiary/aromatic N) is 1. The second-order valence-corrected chi connectivity index (χ2v) is 8.86. The molecule has 1 N–H and O–H groups in total. The van der Waals surface area contributed by atoms with Gasteiger partial charge in [-0.2, -0.15) is 5.26 Å². The molecule has 0 aromatic heterocycles. The molecule has 3 aromatic rings. The molecule has 0 bridgehead atoms. The van der Waals surface area contributed by atoms with Gasteiger partial charge in [0.2, 0.25) is 0 Å². The number of anilines is 1. The van der Waals surface area contributed by atoms with Crippen LogP contribution in [0, 0.1) is 11.3 Å². The van der Waals surface area contributed by atoms with Gasteiger partial charge >= 0.3 is 0 Å². The molecule has 0 aliphatic carbocycles. The van der Waals surface area contributed by atoms with Crippen molar-refractivity contribution in [1.82, 2.24) is 0 Å². The first-order chi connectivity index (χ1) is 14.4. The first-order valence-corrected chi connectivity index (χ1v) is 10.9. The van der Waals surface area contributed by atoms with E-state index < -0.39 is 0 Å². The Bertz CT molecular complexity index is 1070. The molecule has 30 heavy (non-hydrogen) atoms. The fourth-order valence-electron chi connectivity index (χ4n) is 3.39. The quantitative estimate of drug-likeness (QED) is 0.464. The van der Waals surface area contributed by atoms with Gasteiger partial charge in [0.05, 0.1) is 11.1 Å². The average molecular weight is 415 g/mol. The summed E-state index contributed by atoms with van der Waals surface area (Å²) >= 11 is 1.44. The zero-order valence-corrected chi connectivity index (χ0v) is 18.6. The zero-order valence-electron chi connectivity index (χ0n) is 17.8. The van der Waals surface area contributed by atoms with Gasteiger partial charge in [-0.25, -0.2) is 0 Å². The number of carbonyl (C=O) groups excluding carboxylic acids is 1. The third-order valence-corrected chi connectivity index (χ3v) is 6.12. The molecule has 0 heterocycles. The van der Waals surface area contributed by atoms with Crippen molar-refractivity contribution in [3.8, 4) is 6.07 Å². The minimum absolute atomic E-state index is 0.137. The predicted molar refractivity (Wildman–Crippen MR) is 124 cm³/mol. The topological polar surface area (TPSA) is 52.9 Å². The molecule has 0 unspecified atom stereocenters. The van der Waals surface area contributed by atoms with E-state index >= 15 is 0 Å². The molecule has 3 nitrogen and oxygen atoms in total. The molecule has 3 aromatic carbocycles. The van der Waals surface area contributed by atoms with Crippen molar-refractivity contribution >= 4 is 23.4 Å². The maximum atomic E-state index is 13.3. The number of hydrogen-bond donors (Lipinski definition) is 1. The monoisotopic (exact) mass is 414 g/mol. The van der Waals surface area contributed by atoms with Gasteiger partial charge in [0.15, 0.2) is 0 Å². The van der Waals surface area contributed by atoms with Crippen LogP contribution in [0.2, 0.25) is 0 Å². The van der Waals surface area contributed by atoms with Crippen LogP contribution in [-0.2, 0) is 0 Å². The number of hydrogen-bond acceptors (Lipinski definition) is 3. The normalized spacial score (nSPS) is 10.8. The number of benzene rings is 3. The van der Waals surface area contributed by atoms with Gasteiger partial charge in [-0.3, -0.25) is 4.79 Å². The molecule has 0 saturated carbocycles. The number of para-hydroxylation sites is 1. The van der Waals surface area contributed by atoms with Crippen LogP contribution in [0.5, 0.6) is 0 Å². The minimum atomic E-state index is -0.137. The average Bonchev–Trinajstić information content (AvgIpc) is 2.74. The van der Waals surface area contributed by atoms with Gasteiger partial charge in [-0.05, 0) is 47.2 Å². The standard InChI is InChI=1S/C26H26N2OS/c1-17(2)20-12-9-13-21(18(3)4)25(20)28-26(29)22-11-6-8-15-24(22)30-23-14-7-5-10-19(23)16-27/h5-15,17-18H,1-4H3,(H,28,29). The van der Waals surface area contributed by atoms with E-state index in [1.807, 2.05) is 42.5 Å². The second-order valence-electron chi connectivity index (χ2n) is 7.78. The molecule has 0 aliphatic rings. The summed E-state index contributed by atoms with van der Waals surface area (Å²) in [6, 6.07) is 23.4. The Morgan fingerprint density at radius 3 is 2.00 bits per heavy atom. The highest BCUT2D eigenvalue weighted by atomic mass is 32.2. The van der Waals surface area contributed by atoms with E-state index in [1.165, 1.54) is 11.8 Å². The lowest BCUT2D eigenvalue weighted by Gasteiger charge is -2.20. The lowest BCUT2D eigenvalue weighted by molar-refractivity contribution is 0.102. The van der Waals surface area contributed by atoms with Crippen LogP contribution in [0.15, 0.2) is 76.5 Å². The Labute approximate surface area is 183 Å². The summed E-state index contributed by atoms with van der Waals surface area (Å²) in [6.07, 6.45) is 0. The van der Waals surface area contributed by atoms with Crippen molar-refractivity contribution in [2.24, 2.45) is 0 Å². The molecule has 0 atom stereocenters. The summed E-state index contributed by atoms with van der Waals surface area (Å²) < 4.78 is 0. The summed E-state index contributed by atoms with van der Waals surface area (Å²) in [4.78, 5) is 15.0. The predicted octanol–water partition coefficient (Wildman–Crippen LogP) is 7.21. The van der Waals surface area contributed by atoms with E-state index in [1.54, 1.807) is 6.07 Å². The van der Waals surface area contributed by atoms with Crippen LogP contribution in [-0.4, -0.2) is 5.91 Å². The van der Waals surface area contributed by atoms with Crippen molar-refractivity contribution in [3.63, 3.8) is 0 Å². The molecule has 3 rings (SSSR count). The third kappa shape index (κ3) is 4.75. The van der Waals surface area contributed by atoms with Gasteiger partial charge in [0, 0.05) is 15.5 Å². The third-order valence-electron chi connectivity index (χ3n) is 4.97. The Kier molecular flexibility index (Phi) is 6.97. The van der Waals surface area contributed by atoms with Crippen LogP contribution in [0.4, 0.5) is 5.69 Å². The van der Waals surface area contributed by atoms with E-state index in [9.17, 15) is 10.1 Å². The summed E-state index contributed by atoms with van der Waals surface area (Å²) in [5.74, 6) is 0.458. The SMILES string of the molecule is CC(C)c1cccc(C(C)C)c1NC(=O)c1ccccc1Sc1ccccc1C#N. The summed E-state index contributed by atoms with van der Waals surface area (Å²) in [6.45, 7) is 8.55. The molecule has 0 spiro atoms. The summed E-state index contributed by atoms with van der Waals surface area (Å²) in [5, 5.41) is 12.6. The van der Waals surface area contributed by atoms with E-state index in [-0.39, 0.29) is 5.91 Å². The summed E-state index contributed by atoms with van der Waals surface area (Å²) in [7, 11) is 0. The van der Waals surface area contributed by atoms with E-state index in [4.69, 9.17) is 0 Å². The van der Waals surface area contributed by atoms with Crippen LogP contribution in [0.1, 0.15) is 66.6 Å². The molecule has 1 amide bonds. The second kappa shape index (κ2) is 9.65. The van der Waals surface area contributed by atoms with Crippen LogP contribution in [0.25, 0.3) is 0 Å². The van der Waals surface area contributed by atoms with Gasteiger partial charge in [-0.15, -0.1) is 0 Å². The highest BCUT2D eigenvalue weighted by Crippen LogP contribution is 2.35. The lowest BCUT2D eigenvalue weighted by Crippen LogP contribution is -2.16. The van der Waals surface area contributed by atoms with Gasteiger partial charge in [0.25, 0.3) is 5.91 Å². The van der Waals surface area contributed by atoms with Crippen molar-refractivity contribution in [3.05, 3.63) is 89.0 Å². The number of nitriles is 1. The van der Waals surface area contributed by atoms with E-state index in [0.717, 1.165) is 26.6 Å². The highest BCUT2D eigenvalue weighted by molar-refractivity contribution is 7.99. The largest absolute Gasteiger partial charge is 0.321 e. The maximum Gasteiger partial charge on any atom is 0.256 e. The maximum absolute atomic E-state index is 13.3. The molecule has 0 radical (unpaired) electrons. The Balaban J connectivity index is 1.98. The van der Waals surface area contributed by atoms with Crippen molar-refractivity contribution in [2.75, 3.05) is 5.32 Å². The molecule has 0 saturated heterocycles.